The fourth-order valence-electron chi connectivity index (χ4n) is 3.60. The van der Waals surface area contributed by atoms with Gasteiger partial charge in [0.25, 0.3) is 0 Å². The van der Waals surface area contributed by atoms with Gasteiger partial charge in [-0.2, -0.15) is 4.72 Å². The molecule has 1 N–H and O–H groups in total. The minimum Gasteiger partial charge on any atom is -0.487 e. The van der Waals surface area contributed by atoms with Crippen LogP contribution in [0.15, 0.2) is 88.2 Å². The number of sulfonamides is 1. The van der Waals surface area contributed by atoms with Crippen molar-refractivity contribution in [1.29, 1.82) is 0 Å². The SMILES string of the molecule is O=S(=O)(NC(c1ccccc1)c1cc2ccccc2o1)c1ccc2c(c1)OCC(F)CO2. The molecule has 8 heteroatoms. The number of para-hydroxylation sites is 1. The van der Waals surface area contributed by atoms with Crippen molar-refractivity contribution < 1.29 is 26.7 Å². The topological polar surface area (TPSA) is 77.8 Å². The third kappa shape index (κ3) is 4.06. The Kier molecular flexibility index (Phi) is 5.32. The molecule has 2 unspecified atom stereocenters. The Hall–Kier alpha value is -3.36. The highest BCUT2D eigenvalue weighted by Gasteiger charge is 2.27. The Bertz CT molecular complexity index is 1320. The number of nitrogens with one attached hydrogen (secondary N) is 1. The maximum Gasteiger partial charge on any atom is 0.241 e. The Morgan fingerprint density at radius 1 is 0.875 bits per heavy atom. The van der Waals surface area contributed by atoms with Crippen LogP contribution in [0.4, 0.5) is 4.39 Å². The average Bonchev–Trinajstić information content (AvgIpc) is 3.15. The van der Waals surface area contributed by atoms with Crippen molar-refractivity contribution >= 4 is 21.0 Å². The van der Waals surface area contributed by atoms with Crippen molar-refractivity contribution in [2.45, 2.75) is 17.1 Å². The van der Waals surface area contributed by atoms with Crippen molar-refractivity contribution in [1.82, 2.24) is 4.72 Å². The number of alkyl halides is 1. The van der Waals surface area contributed by atoms with Crippen LogP contribution in [0.5, 0.6) is 11.5 Å². The van der Waals surface area contributed by atoms with Crippen LogP contribution < -0.4 is 14.2 Å². The van der Waals surface area contributed by atoms with E-state index in [-0.39, 0.29) is 23.9 Å². The van der Waals surface area contributed by atoms with Gasteiger partial charge in [0, 0.05) is 11.5 Å². The smallest absolute Gasteiger partial charge is 0.241 e. The van der Waals surface area contributed by atoms with E-state index in [1.54, 1.807) is 0 Å². The summed E-state index contributed by atoms with van der Waals surface area (Å²) in [5, 5.41) is 0.874. The van der Waals surface area contributed by atoms with E-state index in [4.69, 9.17) is 13.9 Å². The van der Waals surface area contributed by atoms with Crippen LogP contribution in [0, 0.1) is 0 Å². The van der Waals surface area contributed by atoms with Gasteiger partial charge in [-0.25, -0.2) is 12.8 Å². The van der Waals surface area contributed by atoms with Crippen LogP contribution in [0.3, 0.4) is 0 Å². The van der Waals surface area contributed by atoms with Gasteiger partial charge in [-0.05, 0) is 29.8 Å². The first-order valence-electron chi connectivity index (χ1n) is 10.1. The van der Waals surface area contributed by atoms with Crippen molar-refractivity contribution in [3.05, 3.63) is 90.2 Å². The molecular weight excluding hydrogens is 433 g/mol. The third-order valence-corrected chi connectivity index (χ3v) is 6.62. The van der Waals surface area contributed by atoms with Crippen molar-refractivity contribution in [3.8, 4) is 11.5 Å². The first-order chi connectivity index (χ1) is 15.5. The van der Waals surface area contributed by atoms with Gasteiger partial charge in [0.15, 0.2) is 17.7 Å². The fraction of sp³-hybridized carbons (Fsp3) is 0.167. The number of halogens is 1. The first kappa shape index (κ1) is 20.5. The van der Waals surface area contributed by atoms with Crippen molar-refractivity contribution in [2.75, 3.05) is 13.2 Å². The highest BCUT2D eigenvalue weighted by Crippen LogP contribution is 2.34. The molecule has 3 aromatic carbocycles. The summed E-state index contributed by atoms with van der Waals surface area (Å²) in [7, 11) is -3.99. The molecule has 0 radical (unpaired) electrons. The highest BCUT2D eigenvalue weighted by molar-refractivity contribution is 7.89. The van der Waals surface area contributed by atoms with E-state index < -0.39 is 22.2 Å². The zero-order chi connectivity index (χ0) is 22.1. The van der Waals surface area contributed by atoms with E-state index in [1.165, 1.54) is 18.2 Å². The summed E-state index contributed by atoms with van der Waals surface area (Å²) in [5.74, 6) is 0.963. The lowest BCUT2D eigenvalue weighted by Gasteiger charge is -2.18. The second kappa shape index (κ2) is 8.29. The molecule has 164 valence electrons. The normalized spacial score (nSPS) is 17.1. The summed E-state index contributed by atoms with van der Waals surface area (Å²) in [4.78, 5) is -0.0193. The predicted octanol–water partition coefficient (Wildman–Crippen LogP) is 4.61. The number of furan rings is 1. The summed E-state index contributed by atoms with van der Waals surface area (Å²) in [5.41, 5.74) is 1.39. The van der Waals surface area contributed by atoms with E-state index in [1.807, 2.05) is 60.7 Å². The maximum atomic E-state index is 13.6. The van der Waals surface area contributed by atoms with Crippen molar-refractivity contribution in [3.63, 3.8) is 0 Å². The zero-order valence-electron chi connectivity index (χ0n) is 16.9. The zero-order valence-corrected chi connectivity index (χ0v) is 17.7. The molecule has 0 bridgehead atoms. The van der Waals surface area contributed by atoms with Crippen LogP contribution in [-0.4, -0.2) is 27.8 Å². The summed E-state index contributed by atoms with van der Waals surface area (Å²) in [6.07, 6.45) is -1.28. The average molecular weight is 453 g/mol. The van der Waals surface area contributed by atoms with E-state index in [0.717, 1.165) is 10.9 Å². The standard InChI is InChI=1S/C24H20FNO5S/c25-18-14-29-21-11-10-19(13-22(21)30-15-18)32(27,28)26-24(16-6-2-1-3-7-16)23-12-17-8-4-5-9-20(17)31-23/h1-13,18,24,26H,14-15H2. The lowest BCUT2D eigenvalue weighted by atomic mass is 10.1. The van der Waals surface area contributed by atoms with Gasteiger partial charge in [-0.3, -0.25) is 0 Å². The predicted molar refractivity (Wildman–Crippen MR) is 117 cm³/mol. The van der Waals surface area contributed by atoms with Gasteiger partial charge in [0.2, 0.25) is 10.0 Å². The molecular formula is C24H20FNO5S. The van der Waals surface area contributed by atoms with Gasteiger partial charge in [0.1, 0.15) is 30.6 Å². The van der Waals surface area contributed by atoms with E-state index in [2.05, 4.69) is 4.72 Å². The molecule has 1 aliphatic rings. The first-order valence-corrected chi connectivity index (χ1v) is 11.6. The molecule has 0 saturated heterocycles. The van der Waals surface area contributed by atoms with Crippen LogP contribution in [0.2, 0.25) is 0 Å². The number of ether oxygens (including phenoxy) is 2. The van der Waals surface area contributed by atoms with E-state index in [0.29, 0.717) is 17.1 Å². The van der Waals surface area contributed by atoms with Gasteiger partial charge < -0.3 is 13.9 Å². The fourth-order valence-corrected chi connectivity index (χ4v) is 4.81. The number of hydrogen-bond acceptors (Lipinski definition) is 5. The molecule has 32 heavy (non-hydrogen) atoms. The van der Waals surface area contributed by atoms with Crippen LogP contribution in [0.25, 0.3) is 11.0 Å². The van der Waals surface area contributed by atoms with Crippen LogP contribution >= 0.6 is 0 Å². The van der Waals surface area contributed by atoms with E-state index >= 15 is 0 Å². The number of hydrogen-bond donors (Lipinski definition) is 1. The molecule has 1 aliphatic heterocycles. The third-order valence-electron chi connectivity index (χ3n) is 5.20. The van der Waals surface area contributed by atoms with Crippen LogP contribution in [0.1, 0.15) is 17.4 Å². The van der Waals surface area contributed by atoms with E-state index in [9.17, 15) is 12.8 Å². The lowest BCUT2D eigenvalue weighted by molar-refractivity contribution is 0.162. The molecule has 1 aromatic heterocycles. The number of fused-ring (bicyclic) bond motifs is 2. The summed E-state index contributed by atoms with van der Waals surface area (Å²) >= 11 is 0. The summed E-state index contributed by atoms with van der Waals surface area (Å²) in [6, 6.07) is 22.0. The number of benzene rings is 3. The summed E-state index contributed by atoms with van der Waals surface area (Å²) < 4.78 is 59.7. The van der Waals surface area contributed by atoms with Crippen molar-refractivity contribution in [2.24, 2.45) is 0 Å². The molecule has 0 fully saturated rings. The molecule has 4 aromatic rings. The largest absolute Gasteiger partial charge is 0.487 e. The Labute approximate surface area is 184 Å². The van der Waals surface area contributed by atoms with Crippen LogP contribution in [-0.2, 0) is 10.0 Å². The molecule has 2 heterocycles. The minimum absolute atomic E-state index is 0.0193. The molecule has 0 saturated carbocycles. The Morgan fingerprint density at radius 3 is 2.38 bits per heavy atom. The van der Waals surface area contributed by atoms with Gasteiger partial charge in [-0.1, -0.05) is 48.5 Å². The molecule has 6 nitrogen and oxygen atoms in total. The Balaban J connectivity index is 1.52. The summed E-state index contributed by atoms with van der Waals surface area (Å²) in [6.45, 7) is -0.338. The van der Waals surface area contributed by atoms with Gasteiger partial charge in [-0.15, -0.1) is 0 Å². The van der Waals surface area contributed by atoms with Gasteiger partial charge >= 0.3 is 0 Å². The molecule has 2 atom stereocenters. The highest BCUT2D eigenvalue weighted by atomic mass is 32.2. The second-order valence-corrected chi connectivity index (χ2v) is 9.19. The molecule has 0 amide bonds. The Morgan fingerprint density at radius 2 is 1.59 bits per heavy atom. The quantitative estimate of drug-likeness (QED) is 0.478. The molecule has 0 spiro atoms. The second-order valence-electron chi connectivity index (χ2n) is 7.48. The lowest BCUT2D eigenvalue weighted by Crippen LogP contribution is -2.29. The molecule has 5 rings (SSSR count). The number of rotatable bonds is 5. The van der Waals surface area contributed by atoms with Gasteiger partial charge in [0.05, 0.1) is 4.90 Å². The minimum atomic E-state index is -3.99. The maximum absolute atomic E-state index is 13.6. The molecule has 0 aliphatic carbocycles. The monoisotopic (exact) mass is 453 g/mol.